The van der Waals surface area contributed by atoms with Crippen molar-refractivity contribution in [2.24, 2.45) is 11.8 Å². The van der Waals surface area contributed by atoms with Gasteiger partial charge in [-0.3, -0.25) is 5.32 Å². The average molecular weight is 536 g/mol. The molecule has 0 saturated heterocycles. The highest BCUT2D eigenvalue weighted by atomic mass is 16.6. The van der Waals surface area contributed by atoms with Gasteiger partial charge in [-0.1, -0.05) is 45.4 Å². The van der Waals surface area contributed by atoms with Gasteiger partial charge in [0.15, 0.2) is 0 Å². The average Bonchev–Trinajstić information content (AvgIpc) is 2.83. The molecule has 0 saturated carbocycles. The maximum absolute atomic E-state index is 12.1. The molecule has 0 aliphatic heterocycles. The van der Waals surface area contributed by atoms with E-state index >= 15 is 0 Å². The number of methoxy groups -OCH3 is 1. The molecule has 1 amide bonds. The van der Waals surface area contributed by atoms with E-state index in [0.29, 0.717) is 32.0 Å². The number of benzene rings is 1. The highest BCUT2D eigenvalue weighted by molar-refractivity contribution is 5.90. The van der Waals surface area contributed by atoms with Gasteiger partial charge in [-0.2, -0.15) is 0 Å². The lowest BCUT2D eigenvalue weighted by Gasteiger charge is -2.32. The van der Waals surface area contributed by atoms with Crippen molar-refractivity contribution < 1.29 is 33.6 Å². The smallest absolute Gasteiger partial charge is 0.412 e. The van der Waals surface area contributed by atoms with Gasteiger partial charge in [0.2, 0.25) is 0 Å². The molecule has 1 aromatic rings. The summed E-state index contributed by atoms with van der Waals surface area (Å²) in [4.78, 5) is 23.8. The van der Waals surface area contributed by atoms with Gasteiger partial charge in [0, 0.05) is 12.5 Å². The molecule has 2 unspecified atom stereocenters. The zero-order valence-electron chi connectivity index (χ0n) is 24.5. The summed E-state index contributed by atoms with van der Waals surface area (Å²) in [6.07, 6.45) is 4.42. The Bertz CT molecular complexity index is 858. The number of hydrogen-bond donors (Lipinski definition) is 2. The fourth-order valence-corrected chi connectivity index (χ4v) is 4.01. The van der Waals surface area contributed by atoms with E-state index in [1.807, 2.05) is 24.3 Å². The highest BCUT2D eigenvalue weighted by Crippen LogP contribution is 2.28. The molecule has 3 atom stereocenters. The van der Waals surface area contributed by atoms with Crippen molar-refractivity contribution in [3.8, 4) is 5.75 Å². The van der Waals surface area contributed by atoms with Gasteiger partial charge < -0.3 is 24.1 Å². The van der Waals surface area contributed by atoms with Crippen LogP contribution in [0, 0.1) is 11.8 Å². The van der Waals surface area contributed by atoms with Gasteiger partial charge in [0.25, 0.3) is 0 Å². The molecule has 1 aromatic carbocycles. The van der Waals surface area contributed by atoms with Gasteiger partial charge >= 0.3 is 12.1 Å². The second-order valence-electron chi connectivity index (χ2n) is 11.0. The van der Waals surface area contributed by atoms with Crippen molar-refractivity contribution >= 4 is 12.1 Å². The summed E-state index contributed by atoms with van der Waals surface area (Å²) in [7, 11) is 1.64. The Hall–Kier alpha value is -2.58. The number of amides is 1. The Morgan fingerprint density at radius 1 is 1.03 bits per heavy atom. The first-order chi connectivity index (χ1) is 17.9. The molecular formula is C30H49NO7. The lowest BCUT2D eigenvalue weighted by molar-refractivity contribution is -0.133. The van der Waals surface area contributed by atoms with Crippen LogP contribution in [-0.4, -0.2) is 48.7 Å². The van der Waals surface area contributed by atoms with Crippen LogP contribution in [-0.2, 0) is 25.6 Å². The first-order valence-corrected chi connectivity index (χ1v) is 13.7. The van der Waals surface area contributed by atoms with Gasteiger partial charge in [-0.15, -0.1) is 0 Å². The summed E-state index contributed by atoms with van der Waals surface area (Å²) < 4.78 is 23.0. The Morgan fingerprint density at radius 2 is 1.68 bits per heavy atom. The van der Waals surface area contributed by atoms with Crippen LogP contribution in [0.4, 0.5) is 4.79 Å². The van der Waals surface area contributed by atoms with Crippen LogP contribution >= 0.6 is 0 Å². The van der Waals surface area contributed by atoms with Crippen molar-refractivity contribution in [2.75, 3.05) is 13.7 Å². The zero-order chi connectivity index (χ0) is 28.7. The standard InChI is InChI=1S/C30H49NO7/c1-9-19-36-27(12-10-11-26(28(32)33)31-29(34)38-30(5,6)7)25(18-13-21(2)3)22(4)37-20-23-14-16-24(35-8)17-15-23/h11,14-17,21-22,25,27H,9-10,12-13,18-20H2,1-8H3,(H,31,34)(H,32,33)/b26-11-/t22-,25?,27?/m0/s1. The van der Waals surface area contributed by atoms with Gasteiger partial charge in [-0.05, 0) is 77.0 Å². The van der Waals surface area contributed by atoms with E-state index in [2.05, 4.69) is 33.0 Å². The van der Waals surface area contributed by atoms with E-state index < -0.39 is 17.7 Å². The van der Waals surface area contributed by atoms with E-state index in [1.54, 1.807) is 27.9 Å². The van der Waals surface area contributed by atoms with Crippen LogP contribution in [0.25, 0.3) is 0 Å². The Morgan fingerprint density at radius 3 is 2.21 bits per heavy atom. The summed E-state index contributed by atoms with van der Waals surface area (Å²) in [5, 5.41) is 11.9. The Balaban J connectivity index is 2.97. The molecule has 0 bridgehead atoms. The quantitative estimate of drug-likeness (QED) is 0.213. The lowest BCUT2D eigenvalue weighted by Crippen LogP contribution is -2.35. The number of aliphatic carboxylic acids is 1. The summed E-state index contributed by atoms with van der Waals surface area (Å²) in [5.41, 5.74) is 0.142. The van der Waals surface area contributed by atoms with Crippen LogP contribution in [0.3, 0.4) is 0 Å². The third-order valence-electron chi connectivity index (χ3n) is 6.03. The number of carboxylic acid groups (broad SMARTS) is 1. The Kier molecular flexibility index (Phi) is 15.0. The molecule has 0 radical (unpaired) electrons. The number of ether oxygens (including phenoxy) is 4. The molecular weight excluding hydrogens is 486 g/mol. The fraction of sp³-hybridized carbons (Fsp3) is 0.667. The summed E-state index contributed by atoms with van der Waals surface area (Å²) in [6.45, 7) is 14.8. The van der Waals surface area contributed by atoms with Crippen LogP contribution in [0.1, 0.15) is 86.1 Å². The summed E-state index contributed by atoms with van der Waals surface area (Å²) in [5.74, 6) is 0.256. The monoisotopic (exact) mass is 535 g/mol. The fourth-order valence-electron chi connectivity index (χ4n) is 4.01. The SMILES string of the molecule is CCCOC(CC/C=C(\NC(=O)OC(C)(C)C)C(=O)O)C(CCC(C)C)[C@H](C)OCc1ccc(OC)cc1. The number of hydrogen-bond acceptors (Lipinski definition) is 6. The van der Waals surface area contributed by atoms with Crippen LogP contribution in [0.5, 0.6) is 5.75 Å². The minimum atomic E-state index is -1.21. The van der Waals surface area contributed by atoms with Crippen molar-refractivity contribution in [1.29, 1.82) is 0 Å². The predicted octanol–water partition coefficient (Wildman–Crippen LogP) is 6.72. The number of carboxylic acids is 1. The van der Waals surface area contributed by atoms with E-state index in [-0.39, 0.29) is 23.8 Å². The molecule has 8 heteroatoms. The summed E-state index contributed by atoms with van der Waals surface area (Å²) >= 11 is 0. The molecule has 8 nitrogen and oxygen atoms in total. The third kappa shape index (κ3) is 13.8. The first-order valence-electron chi connectivity index (χ1n) is 13.7. The number of allylic oxidation sites excluding steroid dienone is 1. The van der Waals surface area contributed by atoms with Crippen LogP contribution in [0.2, 0.25) is 0 Å². The maximum atomic E-state index is 12.1. The van der Waals surface area contributed by atoms with Crippen molar-refractivity contribution in [1.82, 2.24) is 5.32 Å². The number of rotatable bonds is 17. The number of nitrogens with one attached hydrogen (secondary N) is 1. The molecule has 38 heavy (non-hydrogen) atoms. The van der Waals surface area contributed by atoms with Crippen LogP contribution < -0.4 is 10.1 Å². The minimum Gasteiger partial charge on any atom is -0.497 e. The lowest BCUT2D eigenvalue weighted by atomic mass is 9.86. The molecule has 1 rings (SSSR count). The molecule has 0 spiro atoms. The van der Waals surface area contributed by atoms with Gasteiger partial charge in [0.05, 0.1) is 25.9 Å². The van der Waals surface area contributed by atoms with E-state index in [0.717, 1.165) is 30.6 Å². The van der Waals surface area contributed by atoms with E-state index in [9.17, 15) is 14.7 Å². The zero-order valence-corrected chi connectivity index (χ0v) is 24.5. The summed E-state index contributed by atoms with van der Waals surface area (Å²) in [6, 6.07) is 7.83. The number of carbonyl (C=O) groups excluding carboxylic acids is 1. The van der Waals surface area contributed by atoms with E-state index in [4.69, 9.17) is 18.9 Å². The first kappa shape index (κ1) is 33.4. The van der Waals surface area contributed by atoms with Crippen molar-refractivity contribution in [3.05, 3.63) is 41.6 Å². The largest absolute Gasteiger partial charge is 0.497 e. The highest BCUT2D eigenvalue weighted by Gasteiger charge is 2.28. The second kappa shape index (κ2) is 17.1. The van der Waals surface area contributed by atoms with Crippen molar-refractivity contribution in [2.45, 2.75) is 105 Å². The molecule has 216 valence electrons. The van der Waals surface area contributed by atoms with Gasteiger partial charge in [-0.25, -0.2) is 9.59 Å². The molecule has 0 aliphatic carbocycles. The Labute approximate surface area is 229 Å². The maximum Gasteiger partial charge on any atom is 0.412 e. The second-order valence-corrected chi connectivity index (χ2v) is 11.0. The predicted molar refractivity (Wildman–Crippen MR) is 149 cm³/mol. The van der Waals surface area contributed by atoms with Gasteiger partial charge in [0.1, 0.15) is 17.0 Å². The van der Waals surface area contributed by atoms with Crippen LogP contribution in [0.15, 0.2) is 36.0 Å². The number of carbonyl (C=O) groups is 2. The number of alkyl carbamates (subject to hydrolysis) is 1. The molecule has 2 N–H and O–H groups in total. The third-order valence-corrected chi connectivity index (χ3v) is 6.03. The molecule has 0 aliphatic rings. The molecule has 0 fully saturated rings. The van der Waals surface area contributed by atoms with E-state index in [1.165, 1.54) is 6.08 Å². The van der Waals surface area contributed by atoms with Crippen molar-refractivity contribution in [3.63, 3.8) is 0 Å². The topological polar surface area (TPSA) is 103 Å². The normalized spacial score (nSPS) is 14.6. The molecule has 0 heterocycles. The molecule has 0 aromatic heterocycles. The minimum absolute atomic E-state index is 0.0690.